The van der Waals surface area contributed by atoms with E-state index in [9.17, 15) is 9.90 Å². The van der Waals surface area contributed by atoms with Gasteiger partial charge in [0.1, 0.15) is 5.75 Å². The van der Waals surface area contributed by atoms with Crippen LogP contribution < -0.4 is 10.1 Å². The molecule has 4 nitrogen and oxygen atoms in total. The number of hydrogen-bond acceptors (Lipinski definition) is 3. The van der Waals surface area contributed by atoms with Crippen LogP contribution in [0.3, 0.4) is 0 Å². The average Bonchev–Trinajstić information content (AvgIpc) is 2.87. The van der Waals surface area contributed by atoms with Crippen molar-refractivity contribution < 1.29 is 14.6 Å². The first-order valence-electron chi connectivity index (χ1n) is 13.1. The monoisotopic (exact) mass is 485 g/mol. The molecule has 0 unspecified atom stereocenters. The lowest BCUT2D eigenvalue weighted by Crippen LogP contribution is -2.33. The molecule has 0 aromatic heterocycles. The second kappa shape index (κ2) is 10.5. The number of carboxylic acids is 1. The predicted molar refractivity (Wildman–Crippen MR) is 148 cm³/mol. The second-order valence-corrected chi connectivity index (χ2v) is 11.2. The summed E-state index contributed by atoms with van der Waals surface area (Å²) in [6.45, 7) is 14.1. The van der Waals surface area contributed by atoms with Gasteiger partial charge in [0.25, 0.3) is 0 Å². The number of aromatic carboxylic acids is 1. The minimum atomic E-state index is -0.914. The highest BCUT2D eigenvalue weighted by atomic mass is 16.5. The highest BCUT2D eigenvalue weighted by Crippen LogP contribution is 2.47. The molecule has 3 aromatic rings. The van der Waals surface area contributed by atoms with Crippen LogP contribution in [-0.4, -0.2) is 30.8 Å². The molecule has 3 aromatic carbocycles. The van der Waals surface area contributed by atoms with Crippen LogP contribution in [-0.2, 0) is 10.8 Å². The fraction of sp³-hybridized carbons (Fsp3) is 0.406. The van der Waals surface area contributed by atoms with Crippen molar-refractivity contribution in [3.8, 4) is 28.0 Å². The van der Waals surface area contributed by atoms with Crippen LogP contribution in [0.5, 0.6) is 5.75 Å². The molecular formula is C32H39NO3. The van der Waals surface area contributed by atoms with Gasteiger partial charge in [-0.2, -0.15) is 0 Å². The van der Waals surface area contributed by atoms with Crippen molar-refractivity contribution in [1.82, 2.24) is 5.32 Å². The Labute approximate surface area is 215 Å². The molecule has 0 fully saturated rings. The molecule has 0 radical (unpaired) electrons. The van der Waals surface area contributed by atoms with Crippen LogP contribution in [0.2, 0.25) is 0 Å². The first-order valence-corrected chi connectivity index (χ1v) is 13.1. The van der Waals surface area contributed by atoms with E-state index in [1.54, 1.807) is 12.1 Å². The van der Waals surface area contributed by atoms with E-state index in [4.69, 9.17) is 4.74 Å². The lowest BCUT2D eigenvalue weighted by Gasteiger charge is -2.42. The van der Waals surface area contributed by atoms with Gasteiger partial charge in [0.15, 0.2) is 0 Å². The molecule has 4 rings (SSSR count). The number of hydrogen-bond donors (Lipinski definition) is 2. The zero-order chi connectivity index (χ0) is 25.9. The maximum absolute atomic E-state index is 11.3. The maximum Gasteiger partial charge on any atom is 0.335 e. The van der Waals surface area contributed by atoms with Crippen LogP contribution in [0.15, 0.2) is 60.7 Å². The fourth-order valence-electron chi connectivity index (χ4n) is 5.18. The minimum absolute atomic E-state index is 0.123. The molecule has 1 aliphatic rings. The van der Waals surface area contributed by atoms with Gasteiger partial charge < -0.3 is 15.2 Å². The fourth-order valence-corrected chi connectivity index (χ4v) is 5.18. The molecule has 0 heterocycles. The van der Waals surface area contributed by atoms with E-state index in [2.05, 4.69) is 76.3 Å². The summed E-state index contributed by atoms with van der Waals surface area (Å²) in [6, 6.07) is 20.3. The number of nitrogens with one attached hydrogen (secondary N) is 1. The highest BCUT2D eigenvalue weighted by Gasteiger charge is 2.37. The normalized spacial score (nSPS) is 15.8. The van der Waals surface area contributed by atoms with Crippen molar-refractivity contribution in [3.63, 3.8) is 0 Å². The molecule has 4 heteroatoms. The Bertz CT molecular complexity index is 1220. The standard InChI is InChI=1S/C32H39NO3/c1-6-33-18-7-19-36-29-15-13-24(22-8-10-23(11-9-22)30(34)35)20-26(29)25-12-14-27-28(21-25)32(4,5)17-16-31(27,2)3/h8-15,20-21,33H,6-7,16-19H2,1-5H3,(H,34,35). The topological polar surface area (TPSA) is 58.6 Å². The van der Waals surface area contributed by atoms with E-state index in [1.165, 1.54) is 24.0 Å². The predicted octanol–water partition coefficient (Wildman–Crippen LogP) is 7.45. The SMILES string of the molecule is CCNCCCOc1ccc(-c2ccc(C(=O)O)cc2)cc1-c1ccc2c(c1)C(C)(C)CCC2(C)C. The zero-order valence-electron chi connectivity index (χ0n) is 22.3. The van der Waals surface area contributed by atoms with Crippen molar-refractivity contribution in [2.75, 3.05) is 19.7 Å². The van der Waals surface area contributed by atoms with Gasteiger partial charge in [-0.05, 0) is 95.3 Å². The Balaban J connectivity index is 1.76. The van der Waals surface area contributed by atoms with Gasteiger partial charge in [0.05, 0.1) is 12.2 Å². The van der Waals surface area contributed by atoms with Crippen molar-refractivity contribution >= 4 is 5.97 Å². The van der Waals surface area contributed by atoms with Gasteiger partial charge in [-0.3, -0.25) is 0 Å². The van der Waals surface area contributed by atoms with E-state index in [0.29, 0.717) is 12.2 Å². The summed E-state index contributed by atoms with van der Waals surface area (Å²) in [5.74, 6) is -0.0339. The minimum Gasteiger partial charge on any atom is -0.493 e. The molecule has 0 bridgehead atoms. The summed E-state index contributed by atoms with van der Waals surface area (Å²) in [5, 5.41) is 12.6. The Morgan fingerprint density at radius 1 is 0.861 bits per heavy atom. The quantitative estimate of drug-likeness (QED) is 0.309. The van der Waals surface area contributed by atoms with E-state index >= 15 is 0 Å². The first kappa shape index (κ1) is 26.0. The number of benzene rings is 3. The Morgan fingerprint density at radius 2 is 1.50 bits per heavy atom. The van der Waals surface area contributed by atoms with Gasteiger partial charge in [-0.25, -0.2) is 4.79 Å². The van der Waals surface area contributed by atoms with Crippen LogP contribution in [0.25, 0.3) is 22.3 Å². The summed E-state index contributed by atoms with van der Waals surface area (Å²) >= 11 is 0. The molecule has 36 heavy (non-hydrogen) atoms. The molecular weight excluding hydrogens is 446 g/mol. The summed E-state index contributed by atoms with van der Waals surface area (Å²) < 4.78 is 6.30. The van der Waals surface area contributed by atoms with Crippen molar-refractivity contribution in [3.05, 3.63) is 77.4 Å². The molecule has 1 aliphatic carbocycles. The third-order valence-corrected chi connectivity index (χ3v) is 7.61. The van der Waals surface area contributed by atoms with Gasteiger partial charge in [-0.1, -0.05) is 71.0 Å². The smallest absolute Gasteiger partial charge is 0.335 e. The molecule has 0 saturated carbocycles. The van der Waals surface area contributed by atoms with E-state index in [-0.39, 0.29) is 10.8 Å². The molecule has 2 N–H and O–H groups in total. The lowest BCUT2D eigenvalue weighted by atomic mass is 9.63. The molecule has 190 valence electrons. The molecule has 0 amide bonds. The Morgan fingerprint density at radius 3 is 2.17 bits per heavy atom. The van der Waals surface area contributed by atoms with Gasteiger partial charge in [0.2, 0.25) is 0 Å². The molecule has 0 saturated heterocycles. The maximum atomic E-state index is 11.3. The number of rotatable bonds is 9. The largest absolute Gasteiger partial charge is 0.493 e. The third kappa shape index (κ3) is 5.49. The van der Waals surface area contributed by atoms with Crippen LogP contribution in [0, 0.1) is 0 Å². The average molecular weight is 486 g/mol. The first-order chi connectivity index (χ1) is 17.1. The van der Waals surface area contributed by atoms with Crippen LogP contribution in [0.4, 0.5) is 0 Å². The van der Waals surface area contributed by atoms with E-state index < -0.39 is 5.97 Å². The van der Waals surface area contributed by atoms with Crippen molar-refractivity contribution in [2.24, 2.45) is 0 Å². The van der Waals surface area contributed by atoms with Crippen LogP contribution >= 0.6 is 0 Å². The highest BCUT2D eigenvalue weighted by molar-refractivity contribution is 5.88. The Hall–Kier alpha value is -3.11. The summed E-state index contributed by atoms with van der Waals surface area (Å²) in [5.41, 5.74) is 7.70. The van der Waals surface area contributed by atoms with Gasteiger partial charge in [0, 0.05) is 5.56 Å². The zero-order valence-corrected chi connectivity index (χ0v) is 22.3. The van der Waals surface area contributed by atoms with Crippen molar-refractivity contribution in [1.29, 1.82) is 0 Å². The third-order valence-electron chi connectivity index (χ3n) is 7.61. The second-order valence-electron chi connectivity index (χ2n) is 11.2. The number of carbonyl (C=O) groups is 1. The van der Waals surface area contributed by atoms with Crippen LogP contribution in [0.1, 0.15) is 75.4 Å². The lowest BCUT2D eigenvalue weighted by molar-refractivity contribution is 0.0697. The Kier molecular flexibility index (Phi) is 7.56. The molecule has 0 spiro atoms. The molecule has 0 atom stereocenters. The summed E-state index contributed by atoms with van der Waals surface area (Å²) in [4.78, 5) is 11.3. The van der Waals surface area contributed by atoms with Crippen molar-refractivity contribution in [2.45, 2.75) is 64.7 Å². The number of ether oxygens (including phenoxy) is 1. The number of fused-ring (bicyclic) bond motifs is 1. The summed E-state index contributed by atoms with van der Waals surface area (Å²) in [6.07, 6.45) is 3.30. The molecule has 0 aliphatic heterocycles. The summed E-state index contributed by atoms with van der Waals surface area (Å²) in [7, 11) is 0. The number of carboxylic acid groups (broad SMARTS) is 1. The van der Waals surface area contributed by atoms with Gasteiger partial charge in [-0.15, -0.1) is 0 Å². The van der Waals surface area contributed by atoms with Gasteiger partial charge >= 0.3 is 5.97 Å². The van der Waals surface area contributed by atoms with E-state index in [0.717, 1.165) is 47.5 Å². The van der Waals surface area contributed by atoms with E-state index in [1.807, 2.05) is 12.1 Å².